The summed E-state index contributed by atoms with van der Waals surface area (Å²) in [6, 6.07) is 0. The zero-order valence-electron chi connectivity index (χ0n) is 10.7. The molecule has 2 unspecified atom stereocenters. The first-order valence-corrected chi connectivity index (χ1v) is 6.54. The minimum Gasteiger partial charge on any atom is -0.383 e. The van der Waals surface area contributed by atoms with E-state index in [4.69, 9.17) is 5.73 Å². The molecule has 3 N–H and O–H groups in total. The van der Waals surface area contributed by atoms with Crippen molar-refractivity contribution in [1.29, 1.82) is 0 Å². The monoisotopic (exact) mass is 234 g/mol. The van der Waals surface area contributed by atoms with Crippen molar-refractivity contribution in [3.8, 4) is 0 Å². The van der Waals surface area contributed by atoms with Crippen molar-refractivity contribution < 1.29 is 0 Å². The van der Waals surface area contributed by atoms with E-state index in [0.29, 0.717) is 5.82 Å². The lowest BCUT2D eigenvalue weighted by atomic mass is 10.1. The lowest BCUT2D eigenvalue weighted by Crippen LogP contribution is -2.14. The molecule has 4 heteroatoms. The Morgan fingerprint density at radius 3 is 2.88 bits per heavy atom. The fraction of sp³-hybridized carbons (Fsp3) is 0.692. The third-order valence-electron chi connectivity index (χ3n) is 3.69. The molecule has 1 aromatic heterocycles. The van der Waals surface area contributed by atoms with Crippen LogP contribution in [0.5, 0.6) is 0 Å². The van der Waals surface area contributed by atoms with Crippen LogP contribution < -0.4 is 11.1 Å². The number of aromatic nitrogens is 2. The Balaban J connectivity index is 1.97. The first-order chi connectivity index (χ1) is 8.20. The summed E-state index contributed by atoms with van der Waals surface area (Å²) in [5.41, 5.74) is 6.89. The maximum Gasteiger partial charge on any atom is 0.134 e. The molecule has 0 spiro atoms. The summed E-state index contributed by atoms with van der Waals surface area (Å²) in [5.74, 6) is 3.18. The summed E-state index contributed by atoms with van der Waals surface area (Å²) in [7, 11) is 0. The van der Waals surface area contributed by atoms with Gasteiger partial charge in [-0.05, 0) is 31.1 Å². The standard InChI is InChI=1S/C13H22N4/c1-3-11-12(14)16-8-17-13(11)15-7-10-5-4-9(2)6-10/h8-10H,3-7H2,1-2H3,(H3,14,15,16,17). The fourth-order valence-electron chi connectivity index (χ4n) is 2.68. The molecule has 0 bridgehead atoms. The second-order valence-electron chi connectivity index (χ2n) is 5.10. The third-order valence-corrected chi connectivity index (χ3v) is 3.69. The van der Waals surface area contributed by atoms with E-state index in [1.165, 1.54) is 25.6 Å². The lowest BCUT2D eigenvalue weighted by Gasteiger charge is -2.14. The first-order valence-electron chi connectivity index (χ1n) is 6.54. The zero-order valence-corrected chi connectivity index (χ0v) is 10.7. The van der Waals surface area contributed by atoms with Gasteiger partial charge in [-0.25, -0.2) is 9.97 Å². The van der Waals surface area contributed by atoms with Crippen LogP contribution in [-0.4, -0.2) is 16.5 Å². The van der Waals surface area contributed by atoms with Gasteiger partial charge in [-0.1, -0.05) is 20.3 Å². The van der Waals surface area contributed by atoms with Gasteiger partial charge in [0.15, 0.2) is 0 Å². The average Bonchev–Trinajstić information content (AvgIpc) is 2.72. The smallest absolute Gasteiger partial charge is 0.134 e. The molecule has 0 aliphatic heterocycles. The van der Waals surface area contributed by atoms with E-state index in [1.807, 2.05) is 0 Å². The highest BCUT2D eigenvalue weighted by atomic mass is 15.0. The van der Waals surface area contributed by atoms with Gasteiger partial charge in [0, 0.05) is 12.1 Å². The summed E-state index contributed by atoms with van der Waals surface area (Å²) >= 11 is 0. The molecular formula is C13H22N4. The minimum absolute atomic E-state index is 0.602. The van der Waals surface area contributed by atoms with Crippen molar-refractivity contribution in [3.63, 3.8) is 0 Å². The van der Waals surface area contributed by atoms with Crippen LogP contribution in [0.3, 0.4) is 0 Å². The minimum atomic E-state index is 0.602. The molecule has 1 heterocycles. The predicted molar refractivity (Wildman–Crippen MR) is 70.8 cm³/mol. The maximum absolute atomic E-state index is 5.85. The van der Waals surface area contributed by atoms with Gasteiger partial charge in [-0.15, -0.1) is 0 Å². The van der Waals surface area contributed by atoms with Gasteiger partial charge in [0.25, 0.3) is 0 Å². The van der Waals surface area contributed by atoms with Crippen LogP contribution in [-0.2, 0) is 6.42 Å². The summed E-state index contributed by atoms with van der Waals surface area (Å²) < 4.78 is 0. The number of hydrogen-bond acceptors (Lipinski definition) is 4. The zero-order chi connectivity index (χ0) is 12.3. The molecule has 1 saturated carbocycles. The third kappa shape index (κ3) is 2.87. The second kappa shape index (κ2) is 5.34. The van der Waals surface area contributed by atoms with Crippen LogP contribution in [0, 0.1) is 11.8 Å². The summed E-state index contributed by atoms with van der Waals surface area (Å²) in [5, 5.41) is 3.44. The number of nitrogen functional groups attached to an aromatic ring is 1. The van der Waals surface area contributed by atoms with Crippen molar-refractivity contribution in [2.24, 2.45) is 11.8 Å². The number of nitrogens with one attached hydrogen (secondary N) is 1. The van der Waals surface area contributed by atoms with Gasteiger partial charge in [-0.2, -0.15) is 0 Å². The van der Waals surface area contributed by atoms with E-state index in [1.54, 1.807) is 0 Å². The van der Waals surface area contributed by atoms with Crippen LogP contribution in [0.4, 0.5) is 11.6 Å². The molecule has 4 nitrogen and oxygen atoms in total. The highest BCUT2D eigenvalue weighted by molar-refractivity contribution is 5.54. The Labute approximate surface area is 103 Å². The Morgan fingerprint density at radius 2 is 2.24 bits per heavy atom. The van der Waals surface area contributed by atoms with Crippen molar-refractivity contribution in [2.75, 3.05) is 17.6 Å². The predicted octanol–water partition coefficient (Wildman–Crippen LogP) is 2.47. The summed E-state index contributed by atoms with van der Waals surface area (Å²) in [4.78, 5) is 8.32. The van der Waals surface area contributed by atoms with E-state index in [0.717, 1.165) is 36.2 Å². The summed E-state index contributed by atoms with van der Waals surface area (Å²) in [6.45, 7) is 5.42. The Bertz CT molecular complexity index is 378. The average molecular weight is 234 g/mol. The van der Waals surface area contributed by atoms with E-state index in [2.05, 4.69) is 29.1 Å². The normalized spacial score (nSPS) is 23.9. The van der Waals surface area contributed by atoms with Crippen LogP contribution in [0.25, 0.3) is 0 Å². The van der Waals surface area contributed by atoms with Gasteiger partial charge < -0.3 is 11.1 Å². The van der Waals surface area contributed by atoms with E-state index >= 15 is 0 Å². The number of hydrogen-bond donors (Lipinski definition) is 2. The highest BCUT2D eigenvalue weighted by Crippen LogP contribution is 2.30. The van der Waals surface area contributed by atoms with Crippen LogP contribution >= 0.6 is 0 Å². The fourth-order valence-corrected chi connectivity index (χ4v) is 2.68. The van der Waals surface area contributed by atoms with Crippen molar-refractivity contribution in [2.45, 2.75) is 39.5 Å². The van der Waals surface area contributed by atoms with Crippen molar-refractivity contribution in [1.82, 2.24) is 9.97 Å². The van der Waals surface area contributed by atoms with Gasteiger partial charge in [-0.3, -0.25) is 0 Å². The van der Waals surface area contributed by atoms with E-state index in [-0.39, 0.29) is 0 Å². The van der Waals surface area contributed by atoms with Gasteiger partial charge >= 0.3 is 0 Å². The van der Waals surface area contributed by atoms with Gasteiger partial charge in [0.1, 0.15) is 18.0 Å². The van der Waals surface area contributed by atoms with Crippen LogP contribution in [0.15, 0.2) is 6.33 Å². The Kier molecular flexibility index (Phi) is 3.82. The number of nitrogens with zero attached hydrogens (tertiary/aromatic N) is 2. The molecule has 0 amide bonds. The molecule has 17 heavy (non-hydrogen) atoms. The molecule has 1 fully saturated rings. The quantitative estimate of drug-likeness (QED) is 0.840. The SMILES string of the molecule is CCc1c(N)ncnc1NCC1CCC(C)C1. The second-order valence-corrected chi connectivity index (χ2v) is 5.10. The van der Waals surface area contributed by atoms with E-state index < -0.39 is 0 Å². The lowest BCUT2D eigenvalue weighted by molar-refractivity contribution is 0.536. The van der Waals surface area contributed by atoms with Crippen LogP contribution in [0.1, 0.15) is 38.7 Å². The Morgan fingerprint density at radius 1 is 1.41 bits per heavy atom. The number of nitrogens with two attached hydrogens (primary N) is 1. The molecule has 1 aromatic rings. The molecule has 1 aliphatic carbocycles. The van der Waals surface area contributed by atoms with Gasteiger partial charge in [0.05, 0.1) is 0 Å². The first kappa shape index (κ1) is 12.1. The molecular weight excluding hydrogens is 212 g/mol. The molecule has 0 saturated heterocycles. The molecule has 1 aliphatic rings. The molecule has 0 radical (unpaired) electrons. The molecule has 2 rings (SSSR count). The molecule has 0 aromatic carbocycles. The summed E-state index contributed by atoms with van der Waals surface area (Å²) in [6.07, 6.45) is 6.42. The van der Waals surface area contributed by atoms with Crippen molar-refractivity contribution >= 4 is 11.6 Å². The maximum atomic E-state index is 5.85. The molecule has 2 atom stereocenters. The van der Waals surface area contributed by atoms with Crippen LogP contribution in [0.2, 0.25) is 0 Å². The van der Waals surface area contributed by atoms with Crippen molar-refractivity contribution in [3.05, 3.63) is 11.9 Å². The number of rotatable bonds is 4. The van der Waals surface area contributed by atoms with Gasteiger partial charge in [0.2, 0.25) is 0 Å². The topological polar surface area (TPSA) is 63.8 Å². The number of anilines is 2. The largest absolute Gasteiger partial charge is 0.383 e. The Hall–Kier alpha value is -1.32. The molecule has 94 valence electrons. The highest BCUT2D eigenvalue weighted by Gasteiger charge is 2.21. The van der Waals surface area contributed by atoms with E-state index in [9.17, 15) is 0 Å².